The summed E-state index contributed by atoms with van der Waals surface area (Å²) in [5.41, 5.74) is 2.73. The second-order valence-corrected chi connectivity index (χ2v) is 12.1. The normalized spacial score (nSPS) is 14.5. The molecule has 138 valence electrons. The second kappa shape index (κ2) is 7.70. The highest BCUT2D eigenvalue weighted by molar-refractivity contribution is 14.2. The highest BCUT2D eigenvalue weighted by Crippen LogP contribution is 2.65. The highest BCUT2D eigenvalue weighted by Gasteiger charge is 2.30. The minimum atomic E-state index is -2.81. The van der Waals surface area contributed by atoms with E-state index >= 15 is 0 Å². The van der Waals surface area contributed by atoms with E-state index in [0.717, 1.165) is 5.69 Å². The molecule has 2 rings (SSSR count). The summed E-state index contributed by atoms with van der Waals surface area (Å²) < 4.78 is 33.2. The van der Waals surface area contributed by atoms with Crippen LogP contribution >= 0.6 is 27.5 Å². The van der Waals surface area contributed by atoms with Gasteiger partial charge in [0.25, 0.3) is 0 Å². The largest absolute Gasteiger partial charge is 0.495 e. The molecule has 1 amide bonds. The maximum Gasteiger partial charge on any atom is 0.246 e. The summed E-state index contributed by atoms with van der Waals surface area (Å²) in [6, 6.07) is 4.85. The van der Waals surface area contributed by atoms with Gasteiger partial charge >= 0.3 is 0 Å². The van der Waals surface area contributed by atoms with Crippen molar-refractivity contribution in [2.45, 2.75) is 25.7 Å². The fourth-order valence-corrected chi connectivity index (χ4v) is 6.37. The standard InChI is InChI=1S/C15H21IN4O4S/c1-9-15(10(2)20(4)18-9)19-25(23,16-22)14-7-6-12(17-11(3)21)8-13(14)24-5/h6-8,19,23H,1-5H3,(H,17,21). The molecule has 0 aliphatic rings. The van der Waals surface area contributed by atoms with Gasteiger partial charge in [-0.05, 0) is 26.0 Å². The molecule has 1 aromatic carbocycles. The minimum Gasteiger partial charge on any atom is -0.495 e. The minimum absolute atomic E-state index is 0.214. The van der Waals surface area contributed by atoms with E-state index in [1.54, 1.807) is 29.9 Å². The number of aryl methyl sites for hydroxylation is 2. The van der Waals surface area contributed by atoms with E-state index in [1.807, 2.05) is 13.8 Å². The average molecular weight is 480 g/mol. The van der Waals surface area contributed by atoms with Crippen LogP contribution in [-0.4, -0.2) is 27.4 Å². The Kier molecular flexibility index (Phi) is 6.06. The first kappa shape index (κ1) is 19.7. The van der Waals surface area contributed by atoms with Crippen molar-refractivity contribution in [1.82, 2.24) is 9.78 Å². The Labute approximate surface area is 156 Å². The molecule has 0 radical (unpaired) electrons. The van der Waals surface area contributed by atoms with Crippen molar-refractivity contribution in [2.75, 3.05) is 17.1 Å². The lowest BCUT2D eigenvalue weighted by atomic mass is 10.3. The van der Waals surface area contributed by atoms with Crippen molar-refractivity contribution in [3.05, 3.63) is 29.6 Å². The maximum atomic E-state index is 12.0. The van der Waals surface area contributed by atoms with E-state index in [0.29, 0.717) is 27.7 Å². The summed E-state index contributed by atoms with van der Waals surface area (Å²) in [4.78, 5) is 11.6. The van der Waals surface area contributed by atoms with E-state index < -0.39 is 27.5 Å². The molecular weight excluding hydrogens is 459 g/mol. The zero-order chi connectivity index (χ0) is 18.8. The molecule has 0 fully saturated rings. The van der Waals surface area contributed by atoms with Crippen molar-refractivity contribution >= 4 is 44.8 Å². The molecule has 0 saturated carbocycles. The Morgan fingerprint density at radius 2 is 2.08 bits per heavy atom. The summed E-state index contributed by atoms with van der Waals surface area (Å²) in [7, 11) is 0.446. The van der Waals surface area contributed by atoms with Gasteiger partial charge in [0, 0.05) is 25.7 Å². The molecule has 1 atom stereocenters. The lowest BCUT2D eigenvalue weighted by Crippen LogP contribution is -2.09. The molecule has 1 heterocycles. The third kappa shape index (κ3) is 4.12. The number of nitrogens with zero attached hydrogens (tertiary/aromatic N) is 2. The van der Waals surface area contributed by atoms with Gasteiger partial charge in [-0.2, -0.15) is 5.10 Å². The molecule has 3 N–H and O–H groups in total. The Hall–Kier alpha value is -1.66. The maximum absolute atomic E-state index is 12.0. The predicted molar refractivity (Wildman–Crippen MR) is 107 cm³/mol. The molecule has 1 unspecified atom stereocenters. The third-order valence-corrected chi connectivity index (χ3v) is 8.84. The van der Waals surface area contributed by atoms with Crippen LogP contribution in [0.3, 0.4) is 0 Å². The average Bonchev–Trinajstić information content (AvgIpc) is 2.80. The number of methoxy groups -OCH3 is 1. The van der Waals surface area contributed by atoms with Crippen LogP contribution in [0.5, 0.6) is 5.75 Å². The first-order chi connectivity index (χ1) is 11.7. The van der Waals surface area contributed by atoms with Gasteiger partial charge in [0.1, 0.15) is 5.75 Å². The molecule has 0 bridgehead atoms. The van der Waals surface area contributed by atoms with E-state index in [9.17, 15) is 12.4 Å². The lowest BCUT2D eigenvalue weighted by Gasteiger charge is -2.29. The number of ether oxygens (including phenoxy) is 1. The summed E-state index contributed by atoms with van der Waals surface area (Å²) in [6.07, 6.45) is 0. The number of aromatic nitrogens is 2. The molecule has 10 heteroatoms. The van der Waals surface area contributed by atoms with E-state index in [4.69, 9.17) is 4.74 Å². The molecular formula is C15H21IN4O4S. The number of benzene rings is 1. The highest BCUT2D eigenvalue weighted by atomic mass is 127. The molecule has 0 aliphatic heterocycles. The van der Waals surface area contributed by atoms with Gasteiger partial charge in [0.05, 0.1) is 36.7 Å². The first-order valence-electron chi connectivity index (χ1n) is 7.30. The van der Waals surface area contributed by atoms with Gasteiger partial charge in [-0.3, -0.25) is 12.5 Å². The number of amides is 1. The number of rotatable bonds is 6. The summed E-state index contributed by atoms with van der Waals surface area (Å²) >= 11 is -1.84. The molecule has 1 aromatic heterocycles. The van der Waals surface area contributed by atoms with Crippen molar-refractivity contribution in [3.63, 3.8) is 0 Å². The van der Waals surface area contributed by atoms with Gasteiger partial charge in [-0.15, -0.1) is 0 Å². The fourth-order valence-electron chi connectivity index (χ4n) is 2.33. The van der Waals surface area contributed by atoms with Crippen LogP contribution in [0.4, 0.5) is 11.4 Å². The Bertz CT molecular complexity index is 826. The van der Waals surface area contributed by atoms with Crippen LogP contribution in [0.2, 0.25) is 0 Å². The quantitative estimate of drug-likeness (QED) is 0.542. The predicted octanol–water partition coefficient (Wildman–Crippen LogP) is 3.90. The van der Waals surface area contributed by atoms with Crippen LogP contribution in [0, 0.1) is 13.8 Å². The van der Waals surface area contributed by atoms with Crippen molar-refractivity contribution < 1.29 is 17.2 Å². The SMILES string of the molecule is COc1cc(NC(C)=O)ccc1S(O)(Nc1c(C)nn(C)c1C)I=O. The van der Waals surface area contributed by atoms with Gasteiger partial charge in [0.2, 0.25) is 25.7 Å². The van der Waals surface area contributed by atoms with Gasteiger partial charge in [-0.25, -0.2) is 0 Å². The van der Waals surface area contributed by atoms with E-state index in [2.05, 4.69) is 15.1 Å². The number of carbonyl (C=O) groups excluding carboxylic acids is 1. The van der Waals surface area contributed by atoms with Crippen LogP contribution in [-0.2, 0) is 14.9 Å². The zero-order valence-electron chi connectivity index (χ0n) is 14.6. The Morgan fingerprint density at radius 1 is 1.40 bits per heavy atom. The van der Waals surface area contributed by atoms with Crippen LogP contribution in [0.1, 0.15) is 18.3 Å². The number of carbonyl (C=O) groups is 1. The lowest BCUT2D eigenvalue weighted by molar-refractivity contribution is -0.114. The van der Waals surface area contributed by atoms with E-state index in [1.165, 1.54) is 14.0 Å². The number of hydrogen-bond acceptors (Lipinski definition) is 6. The molecule has 0 spiro atoms. The first-order valence-corrected chi connectivity index (χ1v) is 12.3. The molecule has 0 saturated heterocycles. The Morgan fingerprint density at radius 3 is 2.56 bits per heavy atom. The smallest absolute Gasteiger partial charge is 0.246 e. The molecule has 2 aromatic rings. The number of anilines is 2. The van der Waals surface area contributed by atoms with Crippen LogP contribution in [0.25, 0.3) is 0 Å². The fraction of sp³-hybridized carbons (Fsp3) is 0.333. The van der Waals surface area contributed by atoms with E-state index in [-0.39, 0.29) is 5.91 Å². The van der Waals surface area contributed by atoms with Crippen LogP contribution < -0.4 is 14.8 Å². The monoisotopic (exact) mass is 480 g/mol. The van der Waals surface area contributed by atoms with Gasteiger partial charge < -0.3 is 19.3 Å². The number of hydrogen-bond donors (Lipinski definition) is 3. The van der Waals surface area contributed by atoms with Crippen molar-refractivity contribution in [3.8, 4) is 5.75 Å². The number of nitrogens with one attached hydrogen (secondary N) is 2. The van der Waals surface area contributed by atoms with Crippen LogP contribution in [0.15, 0.2) is 23.1 Å². The van der Waals surface area contributed by atoms with Crippen molar-refractivity contribution in [2.24, 2.45) is 7.05 Å². The number of halogens is 1. The molecule has 25 heavy (non-hydrogen) atoms. The molecule has 8 nitrogen and oxygen atoms in total. The van der Waals surface area contributed by atoms with Gasteiger partial charge in [0.15, 0.2) is 0 Å². The Balaban J connectivity index is 2.47. The zero-order valence-corrected chi connectivity index (χ0v) is 17.6. The summed E-state index contributed by atoms with van der Waals surface area (Å²) in [5.74, 6) is 0.138. The second-order valence-electron chi connectivity index (χ2n) is 5.39. The van der Waals surface area contributed by atoms with Crippen molar-refractivity contribution in [1.29, 1.82) is 0 Å². The summed E-state index contributed by atoms with van der Waals surface area (Å²) in [6.45, 7) is 5.08. The molecule has 0 aliphatic carbocycles. The van der Waals surface area contributed by atoms with Gasteiger partial charge in [-0.1, -0.05) is 0 Å². The summed E-state index contributed by atoms with van der Waals surface area (Å²) in [5, 5.41) is 6.95. The third-order valence-electron chi connectivity index (χ3n) is 3.61. The topological polar surface area (TPSA) is 105 Å².